The van der Waals surface area contributed by atoms with Gasteiger partial charge in [-0.2, -0.15) is 0 Å². The van der Waals surface area contributed by atoms with Crippen molar-refractivity contribution >= 4 is 12.6 Å². The van der Waals surface area contributed by atoms with E-state index in [9.17, 15) is 4.79 Å². The summed E-state index contributed by atoms with van der Waals surface area (Å²) in [7, 11) is 1.55. The van der Waals surface area contributed by atoms with Gasteiger partial charge < -0.3 is 4.74 Å². The van der Waals surface area contributed by atoms with Crippen molar-refractivity contribution in [2.24, 2.45) is 4.99 Å². The van der Waals surface area contributed by atoms with Crippen LogP contribution in [0.4, 0.5) is 0 Å². The second kappa shape index (κ2) is 3.67. The number of nitrogens with zero attached hydrogens (tertiary/aromatic N) is 1. The quantitative estimate of drug-likeness (QED) is 0.620. The Balaban J connectivity index is 3.01. The van der Waals surface area contributed by atoms with Crippen LogP contribution in [-0.2, 0) is 0 Å². The number of rotatable bonds is 2. The molecule has 0 aromatic heterocycles. The zero-order valence-electron chi connectivity index (χ0n) is 6.78. The van der Waals surface area contributed by atoms with Gasteiger partial charge in [-0.15, -0.1) is 0 Å². The molecule has 0 unspecified atom stereocenters. The smallest absolute Gasteiger partial charge is 0.276 e. The highest BCUT2D eigenvalue weighted by Gasteiger charge is 2.02. The van der Waals surface area contributed by atoms with Crippen LogP contribution in [-0.4, -0.2) is 19.7 Å². The zero-order chi connectivity index (χ0) is 8.97. The van der Waals surface area contributed by atoms with Crippen LogP contribution < -0.4 is 4.74 Å². The van der Waals surface area contributed by atoms with Gasteiger partial charge in [-0.1, -0.05) is 6.07 Å². The van der Waals surface area contributed by atoms with E-state index in [1.807, 2.05) is 0 Å². The van der Waals surface area contributed by atoms with Crippen LogP contribution in [0.2, 0.25) is 0 Å². The fraction of sp³-hybridized carbons (Fsp3) is 0.111. The van der Waals surface area contributed by atoms with Crippen molar-refractivity contribution in [1.82, 2.24) is 0 Å². The van der Waals surface area contributed by atoms with E-state index in [1.54, 1.807) is 31.4 Å². The van der Waals surface area contributed by atoms with Crippen LogP contribution >= 0.6 is 0 Å². The lowest BCUT2D eigenvalue weighted by Crippen LogP contribution is -1.94. The highest BCUT2D eigenvalue weighted by Crippen LogP contribution is 2.12. The first kappa shape index (κ1) is 8.46. The molecule has 1 aromatic rings. The number of amides is 1. The Morgan fingerprint density at radius 1 is 1.58 bits per heavy atom. The summed E-state index contributed by atoms with van der Waals surface area (Å²) >= 11 is 0. The maximum atomic E-state index is 11.0. The third-order valence-corrected chi connectivity index (χ3v) is 1.46. The Morgan fingerprint density at radius 2 is 2.33 bits per heavy atom. The molecule has 0 aliphatic carbocycles. The molecule has 1 amide bonds. The highest BCUT2D eigenvalue weighted by atomic mass is 16.5. The first-order chi connectivity index (χ1) is 5.77. The maximum Gasteiger partial charge on any atom is 0.276 e. The molecule has 1 rings (SSSR count). The summed E-state index contributed by atoms with van der Waals surface area (Å²) < 4.78 is 4.94. The van der Waals surface area contributed by atoms with Gasteiger partial charge in [-0.05, 0) is 24.9 Å². The van der Waals surface area contributed by atoms with E-state index >= 15 is 0 Å². The number of hydrogen-bond acceptors (Lipinski definition) is 2. The molecule has 0 bridgehead atoms. The lowest BCUT2D eigenvalue weighted by molar-refractivity contribution is 0.100. The van der Waals surface area contributed by atoms with Gasteiger partial charge in [-0.25, -0.2) is 4.99 Å². The van der Waals surface area contributed by atoms with Crippen LogP contribution in [0.5, 0.6) is 5.75 Å². The van der Waals surface area contributed by atoms with E-state index in [0.29, 0.717) is 11.3 Å². The van der Waals surface area contributed by atoms with Crippen molar-refractivity contribution in [3.05, 3.63) is 29.8 Å². The van der Waals surface area contributed by atoms with E-state index in [-0.39, 0.29) is 5.91 Å². The van der Waals surface area contributed by atoms with Crippen molar-refractivity contribution in [1.29, 1.82) is 0 Å². The van der Waals surface area contributed by atoms with E-state index < -0.39 is 0 Å². The second-order valence-electron chi connectivity index (χ2n) is 2.20. The van der Waals surface area contributed by atoms with Crippen molar-refractivity contribution in [3.63, 3.8) is 0 Å². The van der Waals surface area contributed by atoms with Crippen molar-refractivity contribution in [2.75, 3.05) is 7.11 Å². The largest absolute Gasteiger partial charge is 0.497 e. The SMILES string of the molecule is C=NC(=O)c1cccc(OC)c1. The molecule has 0 aliphatic rings. The molecule has 3 heteroatoms. The number of methoxy groups -OCH3 is 1. The summed E-state index contributed by atoms with van der Waals surface area (Å²) in [5, 5.41) is 0. The summed E-state index contributed by atoms with van der Waals surface area (Å²) in [6, 6.07) is 6.79. The number of carbonyl (C=O) groups is 1. The van der Waals surface area contributed by atoms with Crippen LogP contribution in [0.15, 0.2) is 29.3 Å². The van der Waals surface area contributed by atoms with Crippen molar-refractivity contribution in [3.8, 4) is 5.75 Å². The minimum atomic E-state index is -0.339. The molecule has 0 atom stereocenters. The molecule has 3 nitrogen and oxygen atoms in total. The Hall–Kier alpha value is -1.64. The van der Waals surface area contributed by atoms with Crippen LogP contribution in [0.1, 0.15) is 10.4 Å². The van der Waals surface area contributed by atoms with E-state index in [1.165, 1.54) is 0 Å². The van der Waals surface area contributed by atoms with E-state index in [0.717, 1.165) is 0 Å². The average molecular weight is 163 g/mol. The number of aliphatic imine (C=N–C) groups is 1. The standard InChI is InChI=1S/C9H9NO2/c1-10-9(11)7-4-3-5-8(6-7)12-2/h3-6H,1H2,2H3. The molecule has 0 spiro atoms. The zero-order valence-corrected chi connectivity index (χ0v) is 6.78. The molecule has 0 aliphatic heterocycles. The summed E-state index contributed by atoms with van der Waals surface area (Å²) in [5.41, 5.74) is 0.490. The van der Waals surface area contributed by atoms with Gasteiger partial charge in [0.1, 0.15) is 5.75 Å². The lowest BCUT2D eigenvalue weighted by atomic mass is 10.2. The van der Waals surface area contributed by atoms with E-state index in [2.05, 4.69) is 11.7 Å². The molecule has 0 heterocycles. The van der Waals surface area contributed by atoms with Crippen molar-refractivity contribution in [2.45, 2.75) is 0 Å². The minimum absolute atomic E-state index is 0.339. The van der Waals surface area contributed by atoms with Crippen LogP contribution in [0, 0.1) is 0 Å². The number of benzene rings is 1. The third-order valence-electron chi connectivity index (χ3n) is 1.46. The summed E-state index contributed by atoms with van der Waals surface area (Å²) in [6.07, 6.45) is 0. The molecule has 62 valence electrons. The van der Waals surface area contributed by atoms with Gasteiger partial charge in [0.2, 0.25) is 0 Å². The molecule has 12 heavy (non-hydrogen) atoms. The van der Waals surface area contributed by atoms with Crippen molar-refractivity contribution < 1.29 is 9.53 Å². The lowest BCUT2D eigenvalue weighted by Gasteiger charge is -1.99. The minimum Gasteiger partial charge on any atom is -0.497 e. The predicted octanol–water partition coefficient (Wildman–Crippen LogP) is 1.54. The number of ether oxygens (including phenoxy) is 1. The second-order valence-corrected chi connectivity index (χ2v) is 2.20. The third kappa shape index (κ3) is 1.69. The first-order valence-corrected chi connectivity index (χ1v) is 3.43. The fourth-order valence-corrected chi connectivity index (χ4v) is 0.847. The average Bonchev–Trinajstić information content (AvgIpc) is 2.17. The Labute approximate surface area is 70.7 Å². The molecule has 0 N–H and O–H groups in total. The van der Waals surface area contributed by atoms with Gasteiger partial charge in [0.25, 0.3) is 5.91 Å². The molecule has 0 saturated carbocycles. The topological polar surface area (TPSA) is 38.7 Å². The number of carbonyl (C=O) groups excluding carboxylic acids is 1. The molecule has 0 fully saturated rings. The highest BCUT2D eigenvalue weighted by molar-refractivity contribution is 5.97. The van der Waals surface area contributed by atoms with Gasteiger partial charge >= 0.3 is 0 Å². The normalized spacial score (nSPS) is 9.08. The summed E-state index contributed by atoms with van der Waals surface area (Å²) in [4.78, 5) is 14.3. The van der Waals surface area contributed by atoms with Gasteiger partial charge in [0, 0.05) is 5.56 Å². The Kier molecular flexibility index (Phi) is 2.58. The predicted molar refractivity (Wildman–Crippen MR) is 46.9 cm³/mol. The molecular formula is C9H9NO2. The van der Waals surface area contributed by atoms with Crippen LogP contribution in [0.25, 0.3) is 0 Å². The van der Waals surface area contributed by atoms with Gasteiger partial charge in [0.15, 0.2) is 0 Å². The summed E-state index contributed by atoms with van der Waals surface area (Å²) in [6.45, 7) is 3.15. The summed E-state index contributed by atoms with van der Waals surface area (Å²) in [5.74, 6) is 0.304. The molecule has 0 saturated heterocycles. The molecular weight excluding hydrogens is 154 g/mol. The Bertz CT molecular complexity index is 307. The van der Waals surface area contributed by atoms with Crippen LogP contribution in [0.3, 0.4) is 0 Å². The molecule has 0 radical (unpaired) electrons. The monoisotopic (exact) mass is 163 g/mol. The fourth-order valence-electron chi connectivity index (χ4n) is 0.847. The Morgan fingerprint density at radius 3 is 2.92 bits per heavy atom. The van der Waals surface area contributed by atoms with E-state index in [4.69, 9.17) is 4.74 Å². The maximum absolute atomic E-state index is 11.0. The molecule has 1 aromatic carbocycles. The number of hydrogen-bond donors (Lipinski definition) is 0. The van der Waals surface area contributed by atoms with Gasteiger partial charge in [-0.3, -0.25) is 4.79 Å². The van der Waals surface area contributed by atoms with Gasteiger partial charge in [0.05, 0.1) is 7.11 Å². The first-order valence-electron chi connectivity index (χ1n) is 3.43.